The number of hydrogen-bond acceptors (Lipinski definition) is 6. The summed E-state index contributed by atoms with van der Waals surface area (Å²) in [6.45, 7) is -1.53. The molecule has 0 aliphatic heterocycles. The van der Waals surface area contributed by atoms with Crippen LogP contribution in [0, 0.1) is 0 Å². The molecule has 0 aliphatic carbocycles. The summed E-state index contributed by atoms with van der Waals surface area (Å²) in [6.07, 6.45) is -0.582. The molecule has 1 rings (SSSR count). The predicted molar refractivity (Wildman–Crippen MR) is 61.2 cm³/mol. The zero-order valence-electron chi connectivity index (χ0n) is 9.48. The van der Waals surface area contributed by atoms with Gasteiger partial charge in [0.2, 0.25) is 0 Å². The van der Waals surface area contributed by atoms with Gasteiger partial charge in [-0.2, -0.15) is 0 Å². The molecule has 1 aromatic rings. The van der Waals surface area contributed by atoms with Gasteiger partial charge in [0.25, 0.3) is 0 Å². The fourth-order valence-electron chi connectivity index (χ4n) is 1.68. The molecule has 4 N–H and O–H groups in total. The third kappa shape index (κ3) is 3.47. The summed E-state index contributed by atoms with van der Waals surface area (Å²) in [5, 5.41) is 36.7. The first-order chi connectivity index (χ1) is 8.28. The van der Waals surface area contributed by atoms with Gasteiger partial charge in [0.05, 0.1) is 33.1 Å². The molecule has 0 bridgehead atoms. The Labute approximate surface area is 100.0 Å². The summed E-state index contributed by atoms with van der Waals surface area (Å²) in [7, 11) is 0. The lowest BCUT2D eigenvalue weighted by atomic mass is 10.1. The number of hydrogen-bond donors (Lipinski definition) is 4. The second-order valence-electron chi connectivity index (χ2n) is 3.53. The molecule has 0 aliphatic rings. The Kier molecular flexibility index (Phi) is 6.06. The van der Waals surface area contributed by atoms with E-state index in [9.17, 15) is 20.4 Å². The monoisotopic (exact) mass is 242 g/mol. The van der Waals surface area contributed by atoms with Gasteiger partial charge in [-0.3, -0.25) is 0 Å². The van der Waals surface area contributed by atoms with Crippen molar-refractivity contribution in [3.8, 4) is 0 Å². The molecule has 0 fully saturated rings. The Bertz CT molecular complexity index is 290. The van der Waals surface area contributed by atoms with Crippen LogP contribution < -0.4 is 0 Å². The highest BCUT2D eigenvalue weighted by atomic mass is 16.3. The summed E-state index contributed by atoms with van der Waals surface area (Å²) in [5.41, 5.74) is 0.763. The summed E-state index contributed by atoms with van der Waals surface area (Å²) >= 11 is 0. The average Bonchev–Trinajstić information content (AvgIpc) is 2.40. The van der Waals surface area contributed by atoms with E-state index in [1.54, 1.807) is 12.1 Å². The van der Waals surface area contributed by atoms with Crippen LogP contribution in [0.4, 0.5) is 0 Å². The van der Waals surface area contributed by atoms with Gasteiger partial charge < -0.3 is 20.4 Å². The molecular weight excluding hydrogens is 224 g/mol. The highest BCUT2D eigenvalue weighted by Gasteiger charge is 2.25. The maximum Gasteiger partial charge on any atom is 0.0990 e. The van der Waals surface area contributed by atoms with E-state index in [1.807, 2.05) is 18.2 Å². The molecule has 0 unspecified atom stereocenters. The van der Waals surface area contributed by atoms with Crippen molar-refractivity contribution in [1.29, 1.82) is 0 Å². The van der Waals surface area contributed by atoms with Gasteiger partial charge in [0, 0.05) is 0 Å². The molecule has 0 saturated carbocycles. The van der Waals surface area contributed by atoms with Crippen LogP contribution in [0.15, 0.2) is 30.3 Å². The summed E-state index contributed by atoms with van der Waals surface area (Å²) in [6, 6.07) is 9.04. The van der Waals surface area contributed by atoms with Crippen molar-refractivity contribution in [1.82, 2.24) is 9.80 Å². The lowest BCUT2D eigenvalue weighted by Gasteiger charge is -2.35. The maximum atomic E-state index is 9.17. The fourth-order valence-corrected chi connectivity index (χ4v) is 1.68. The Morgan fingerprint density at radius 2 is 1.18 bits per heavy atom. The van der Waals surface area contributed by atoms with Crippen molar-refractivity contribution in [2.24, 2.45) is 0 Å². The van der Waals surface area contributed by atoms with Crippen LogP contribution in [0.5, 0.6) is 0 Å². The van der Waals surface area contributed by atoms with Crippen molar-refractivity contribution >= 4 is 0 Å². The molecule has 6 nitrogen and oxygen atoms in total. The third-order valence-corrected chi connectivity index (χ3v) is 2.52. The van der Waals surface area contributed by atoms with E-state index in [1.165, 1.54) is 9.80 Å². The number of aliphatic hydroxyl groups is 4. The molecule has 96 valence electrons. The van der Waals surface area contributed by atoms with E-state index in [0.29, 0.717) is 0 Å². The number of nitrogens with zero attached hydrogens (tertiary/aromatic N) is 2. The zero-order valence-corrected chi connectivity index (χ0v) is 9.48. The normalized spacial score (nSPS) is 11.7. The van der Waals surface area contributed by atoms with Crippen molar-refractivity contribution in [2.75, 3.05) is 26.9 Å². The quantitative estimate of drug-likeness (QED) is 0.463. The van der Waals surface area contributed by atoms with Crippen LogP contribution in [0.3, 0.4) is 0 Å². The van der Waals surface area contributed by atoms with Gasteiger partial charge in [0.15, 0.2) is 0 Å². The van der Waals surface area contributed by atoms with Gasteiger partial charge in [-0.25, -0.2) is 9.80 Å². The van der Waals surface area contributed by atoms with Crippen molar-refractivity contribution in [3.05, 3.63) is 35.9 Å². The molecule has 0 radical (unpaired) electrons. The van der Waals surface area contributed by atoms with Gasteiger partial charge in [-0.05, 0) is 5.56 Å². The predicted octanol–water partition coefficient (Wildman–Crippen LogP) is -0.912. The van der Waals surface area contributed by atoms with Crippen LogP contribution in [0.2, 0.25) is 0 Å². The molecule has 0 saturated heterocycles. The first-order valence-corrected chi connectivity index (χ1v) is 5.25. The van der Waals surface area contributed by atoms with E-state index in [4.69, 9.17) is 0 Å². The molecule has 0 spiro atoms. The largest absolute Gasteiger partial charge is 0.381 e. The Morgan fingerprint density at radius 1 is 0.765 bits per heavy atom. The van der Waals surface area contributed by atoms with Crippen molar-refractivity contribution in [2.45, 2.75) is 6.17 Å². The highest BCUT2D eigenvalue weighted by molar-refractivity contribution is 5.18. The number of rotatable bonds is 7. The molecule has 0 heterocycles. The van der Waals surface area contributed by atoms with Gasteiger partial charge >= 0.3 is 0 Å². The standard InChI is InChI=1S/C11H18N2O4/c14-6-12(7-15)11(13(8-16)9-17)10-4-2-1-3-5-10/h1-5,11,14-17H,6-9H2. The van der Waals surface area contributed by atoms with Crippen LogP contribution in [-0.2, 0) is 0 Å². The Balaban J connectivity index is 3.01. The lowest BCUT2D eigenvalue weighted by molar-refractivity contribution is -0.111. The Hall–Kier alpha value is -1.02. The maximum absolute atomic E-state index is 9.17. The minimum atomic E-state index is -0.582. The van der Waals surface area contributed by atoms with E-state index >= 15 is 0 Å². The topological polar surface area (TPSA) is 87.4 Å². The van der Waals surface area contributed by atoms with Crippen molar-refractivity contribution < 1.29 is 20.4 Å². The smallest absolute Gasteiger partial charge is 0.0990 e. The highest BCUT2D eigenvalue weighted by Crippen LogP contribution is 2.23. The second-order valence-corrected chi connectivity index (χ2v) is 3.53. The lowest BCUT2D eigenvalue weighted by Crippen LogP contribution is -2.43. The van der Waals surface area contributed by atoms with Crippen molar-refractivity contribution in [3.63, 3.8) is 0 Å². The average molecular weight is 242 g/mol. The minimum Gasteiger partial charge on any atom is -0.381 e. The first kappa shape index (κ1) is 14.0. The number of benzene rings is 1. The summed E-state index contributed by atoms with van der Waals surface area (Å²) < 4.78 is 0. The fraction of sp³-hybridized carbons (Fsp3) is 0.455. The molecule has 0 amide bonds. The summed E-state index contributed by atoms with van der Waals surface area (Å²) in [5.74, 6) is 0. The molecule has 0 atom stereocenters. The molecule has 17 heavy (non-hydrogen) atoms. The van der Waals surface area contributed by atoms with E-state index in [0.717, 1.165) is 5.56 Å². The second kappa shape index (κ2) is 7.33. The molecular formula is C11H18N2O4. The van der Waals surface area contributed by atoms with Crippen LogP contribution >= 0.6 is 0 Å². The molecule has 0 aromatic heterocycles. The molecule has 6 heteroatoms. The van der Waals surface area contributed by atoms with Crippen LogP contribution in [-0.4, -0.2) is 57.1 Å². The Morgan fingerprint density at radius 3 is 1.53 bits per heavy atom. The van der Waals surface area contributed by atoms with Gasteiger partial charge in [-0.1, -0.05) is 30.3 Å². The van der Waals surface area contributed by atoms with E-state index in [2.05, 4.69) is 0 Å². The zero-order chi connectivity index (χ0) is 12.7. The van der Waals surface area contributed by atoms with Crippen LogP contribution in [0.1, 0.15) is 11.7 Å². The van der Waals surface area contributed by atoms with E-state index < -0.39 is 6.17 Å². The van der Waals surface area contributed by atoms with Gasteiger partial charge in [-0.15, -0.1) is 0 Å². The third-order valence-electron chi connectivity index (χ3n) is 2.52. The first-order valence-electron chi connectivity index (χ1n) is 5.25. The van der Waals surface area contributed by atoms with E-state index in [-0.39, 0.29) is 26.9 Å². The van der Waals surface area contributed by atoms with Gasteiger partial charge in [0.1, 0.15) is 0 Å². The minimum absolute atomic E-state index is 0.382. The van der Waals surface area contributed by atoms with Crippen LogP contribution in [0.25, 0.3) is 0 Å². The SMILES string of the molecule is OCN(CO)C(c1ccccc1)N(CO)CO. The number of aliphatic hydroxyl groups excluding tert-OH is 4. The summed E-state index contributed by atoms with van der Waals surface area (Å²) in [4.78, 5) is 2.61. The molecule has 1 aromatic carbocycles.